The Hall–Kier alpha value is -2.86. The first-order valence-electron chi connectivity index (χ1n) is 8.27. The fourth-order valence-corrected chi connectivity index (χ4v) is 2.57. The highest BCUT2D eigenvalue weighted by Crippen LogP contribution is 2.17. The van der Waals surface area contributed by atoms with Gasteiger partial charge >= 0.3 is 6.03 Å². The average Bonchev–Trinajstić information content (AvgIpc) is 3.13. The molecular formula is C19H21N3O3. The first kappa shape index (κ1) is 17.0. The Morgan fingerprint density at radius 1 is 0.880 bits per heavy atom. The van der Waals surface area contributed by atoms with Crippen molar-refractivity contribution in [2.24, 2.45) is 0 Å². The van der Waals surface area contributed by atoms with Crippen LogP contribution in [0.15, 0.2) is 48.5 Å². The van der Waals surface area contributed by atoms with Crippen molar-refractivity contribution in [2.45, 2.75) is 25.9 Å². The van der Waals surface area contributed by atoms with Crippen molar-refractivity contribution < 1.29 is 14.3 Å². The Kier molecular flexibility index (Phi) is 5.30. The molecule has 3 amide bonds. The summed E-state index contributed by atoms with van der Waals surface area (Å²) in [6, 6.07) is 14.2. The number of benzene rings is 2. The molecule has 2 aromatic rings. The summed E-state index contributed by atoms with van der Waals surface area (Å²) in [6.45, 7) is 2.63. The molecule has 3 N–H and O–H groups in total. The molecule has 3 rings (SSSR count). The van der Waals surface area contributed by atoms with Crippen molar-refractivity contribution in [3.05, 3.63) is 54.1 Å². The van der Waals surface area contributed by atoms with Gasteiger partial charge in [-0.15, -0.1) is 0 Å². The minimum atomic E-state index is -0.363. The Morgan fingerprint density at radius 2 is 1.40 bits per heavy atom. The summed E-state index contributed by atoms with van der Waals surface area (Å²) in [5.41, 5.74) is 3.17. The number of carbonyl (C=O) groups excluding carboxylic acids is 2. The van der Waals surface area contributed by atoms with E-state index in [-0.39, 0.29) is 18.0 Å². The van der Waals surface area contributed by atoms with Gasteiger partial charge in [0, 0.05) is 23.7 Å². The lowest BCUT2D eigenvalue weighted by molar-refractivity contribution is -0.124. The third-order valence-corrected chi connectivity index (χ3v) is 3.94. The van der Waals surface area contributed by atoms with Gasteiger partial charge in [0.05, 0.1) is 0 Å². The van der Waals surface area contributed by atoms with Crippen LogP contribution in [0.4, 0.5) is 21.9 Å². The van der Waals surface area contributed by atoms with Gasteiger partial charge < -0.3 is 20.7 Å². The molecular weight excluding hydrogens is 318 g/mol. The smallest absolute Gasteiger partial charge is 0.323 e. The summed E-state index contributed by atoms with van der Waals surface area (Å²) < 4.78 is 5.35. The lowest BCUT2D eigenvalue weighted by Crippen LogP contribution is -2.26. The zero-order valence-electron chi connectivity index (χ0n) is 14.0. The van der Waals surface area contributed by atoms with E-state index in [1.807, 2.05) is 31.2 Å². The summed E-state index contributed by atoms with van der Waals surface area (Å²) in [4.78, 5) is 24.0. The Bertz CT molecular complexity index is 736. The third kappa shape index (κ3) is 4.81. The monoisotopic (exact) mass is 339 g/mol. The Labute approximate surface area is 146 Å². The second kappa shape index (κ2) is 7.81. The molecule has 0 bridgehead atoms. The first-order chi connectivity index (χ1) is 12.1. The number of nitrogens with one attached hydrogen (secondary N) is 3. The topological polar surface area (TPSA) is 79.5 Å². The molecule has 2 aromatic carbocycles. The summed E-state index contributed by atoms with van der Waals surface area (Å²) >= 11 is 0. The van der Waals surface area contributed by atoms with Crippen LogP contribution < -0.4 is 16.0 Å². The number of anilines is 3. The van der Waals surface area contributed by atoms with Crippen LogP contribution in [0.2, 0.25) is 0 Å². The maximum absolute atomic E-state index is 12.0. The molecule has 0 aliphatic carbocycles. The van der Waals surface area contributed by atoms with Crippen LogP contribution in [-0.4, -0.2) is 24.6 Å². The van der Waals surface area contributed by atoms with Crippen molar-refractivity contribution in [3.63, 3.8) is 0 Å². The van der Waals surface area contributed by atoms with E-state index < -0.39 is 0 Å². The Morgan fingerprint density at radius 3 is 1.92 bits per heavy atom. The SMILES string of the molecule is Cc1ccc(NC(=O)Nc2ccc(NC(=O)[C@@H]3CCCO3)cc2)cc1. The van der Waals surface area contributed by atoms with Crippen LogP contribution in [0.3, 0.4) is 0 Å². The van der Waals surface area contributed by atoms with Gasteiger partial charge in [0.25, 0.3) is 5.91 Å². The van der Waals surface area contributed by atoms with Crippen LogP contribution in [-0.2, 0) is 9.53 Å². The van der Waals surface area contributed by atoms with Gasteiger partial charge in [-0.05, 0) is 56.2 Å². The molecule has 1 saturated heterocycles. The van der Waals surface area contributed by atoms with E-state index in [1.165, 1.54) is 0 Å². The zero-order chi connectivity index (χ0) is 17.6. The van der Waals surface area contributed by atoms with Gasteiger partial charge in [0.1, 0.15) is 6.10 Å². The number of hydrogen-bond donors (Lipinski definition) is 3. The van der Waals surface area contributed by atoms with Gasteiger partial charge in [0.2, 0.25) is 0 Å². The number of carbonyl (C=O) groups is 2. The average molecular weight is 339 g/mol. The predicted molar refractivity (Wildman–Crippen MR) is 97.9 cm³/mol. The maximum atomic E-state index is 12.0. The predicted octanol–water partition coefficient (Wildman–Crippen LogP) is 3.76. The molecule has 0 spiro atoms. The third-order valence-electron chi connectivity index (χ3n) is 3.94. The van der Waals surface area contributed by atoms with Gasteiger partial charge in [-0.25, -0.2) is 4.79 Å². The first-order valence-corrected chi connectivity index (χ1v) is 8.27. The molecule has 1 aliphatic heterocycles. The second-order valence-electron chi connectivity index (χ2n) is 6.01. The number of aryl methyl sites for hydroxylation is 1. The van der Waals surface area contributed by atoms with Crippen molar-refractivity contribution in [3.8, 4) is 0 Å². The van der Waals surface area contributed by atoms with Crippen LogP contribution in [0.5, 0.6) is 0 Å². The lowest BCUT2D eigenvalue weighted by atomic mass is 10.2. The molecule has 0 radical (unpaired) electrons. The highest BCUT2D eigenvalue weighted by Gasteiger charge is 2.23. The summed E-state index contributed by atoms with van der Waals surface area (Å²) in [6.07, 6.45) is 1.31. The van der Waals surface area contributed by atoms with Crippen LogP contribution >= 0.6 is 0 Å². The van der Waals surface area contributed by atoms with E-state index in [0.717, 1.165) is 24.1 Å². The number of rotatable bonds is 4. The normalized spacial score (nSPS) is 16.3. The molecule has 1 atom stereocenters. The summed E-state index contributed by atoms with van der Waals surface area (Å²) in [7, 11) is 0. The van der Waals surface area contributed by atoms with Crippen molar-refractivity contribution in [1.29, 1.82) is 0 Å². The van der Waals surface area contributed by atoms with E-state index in [9.17, 15) is 9.59 Å². The standard InChI is InChI=1S/C19H21N3O3/c1-13-4-6-15(7-5-13)21-19(24)22-16-10-8-14(9-11-16)20-18(23)17-3-2-12-25-17/h4-11,17H,2-3,12H2,1H3,(H,20,23)(H2,21,22,24)/t17-/m0/s1. The lowest BCUT2D eigenvalue weighted by Gasteiger charge is -2.11. The van der Waals surface area contributed by atoms with Gasteiger partial charge in [0.15, 0.2) is 0 Å². The molecule has 6 heteroatoms. The summed E-state index contributed by atoms with van der Waals surface area (Å²) in [5.74, 6) is -0.129. The van der Waals surface area contributed by atoms with Crippen LogP contribution in [0, 0.1) is 6.92 Å². The molecule has 6 nitrogen and oxygen atoms in total. The highest BCUT2D eigenvalue weighted by molar-refractivity contribution is 6.00. The molecule has 1 heterocycles. The van der Waals surface area contributed by atoms with E-state index in [2.05, 4.69) is 16.0 Å². The second-order valence-corrected chi connectivity index (χ2v) is 6.01. The molecule has 1 aliphatic rings. The van der Waals surface area contributed by atoms with Crippen molar-refractivity contribution >= 4 is 29.0 Å². The van der Waals surface area contributed by atoms with E-state index in [4.69, 9.17) is 4.74 Å². The largest absolute Gasteiger partial charge is 0.368 e. The fourth-order valence-electron chi connectivity index (χ4n) is 2.57. The molecule has 130 valence electrons. The van der Waals surface area contributed by atoms with Crippen molar-refractivity contribution in [2.75, 3.05) is 22.6 Å². The molecule has 25 heavy (non-hydrogen) atoms. The number of urea groups is 1. The molecule has 0 saturated carbocycles. The Balaban J connectivity index is 1.52. The van der Waals surface area contributed by atoms with Crippen LogP contribution in [0.1, 0.15) is 18.4 Å². The molecule has 0 unspecified atom stereocenters. The number of amides is 3. The highest BCUT2D eigenvalue weighted by atomic mass is 16.5. The molecule has 1 fully saturated rings. The number of ether oxygens (including phenoxy) is 1. The van der Waals surface area contributed by atoms with E-state index >= 15 is 0 Å². The maximum Gasteiger partial charge on any atom is 0.323 e. The minimum absolute atomic E-state index is 0.129. The summed E-state index contributed by atoms with van der Waals surface area (Å²) in [5, 5.41) is 8.34. The van der Waals surface area contributed by atoms with Gasteiger partial charge in [-0.3, -0.25) is 4.79 Å². The van der Waals surface area contributed by atoms with Crippen LogP contribution in [0.25, 0.3) is 0 Å². The van der Waals surface area contributed by atoms with Gasteiger partial charge in [-0.2, -0.15) is 0 Å². The zero-order valence-corrected chi connectivity index (χ0v) is 14.0. The molecule has 0 aromatic heterocycles. The minimum Gasteiger partial charge on any atom is -0.368 e. The van der Waals surface area contributed by atoms with Gasteiger partial charge in [-0.1, -0.05) is 17.7 Å². The van der Waals surface area contributed by atoms with Crippen molar-refractivity contribution in [1.82, 2.24) is 0 Å². The van der Waals surface area contributed by atoms with E-state index in [0.29, 0.717) is 18.0 Å². The fraction of sp³-hybridized carbons (Fsp3) is 0.263. The van der Waals surface area contributed by atoms with E-state index in [1.54, 1.807) is 24.3 Å². The number of hydrogen-bond acceptors (Lipinski definition) is 3. The quantitative estimate of drug-likeness (QED) is 0.793.